The van der Waals surface area contributed by atoms with Crippen molar-refractivity contribution in [2.24, 2.45) is 10.7 Å². The van der Waals surface area contributed by atoms with E-state index in [1.807, 2.05) is 29.0 Å². The van der Waals surface area contributed by atoms with E-state index in [2.05, 4.69) is 23.6 Å². The zero-order chi connectivity index (χ0) is 14.7. The number of pyridine rings is 1. The van der Waals surface area contributed by atoms with E-state index in [-0.39, 0.29) is 0 Å². The summed E-state index contributed by atoms with van der Waals surface area (Å²) in [5.74, 6) is 0.976. The summed E-state index contributed by atoms with van der Waals surface area (Å²) in [4.78, 5) is 8.64. The summed E-state index contributed by atoms with van der Waals surface area (Å²) in [5, 5.41) is 2.58. The Balaban J connectivity index is 2.71. The maximum Gasteiger partial charge on any atom is 0.156 e. The van der Waals surface area contributed by atoms with Gasteiger partial charge in [0.05, 0.1) is 22.1 Å². The van der Waals surface area contributed by atoms with Crippen LogP contribution in [0, 0.1) is 6.92 Å². The van der Waals surface area contributed by atoms with E-state index < -0.39 is 0 Å². The van der Waals surface area contributed by atoms with Gasteiger partial charge in [0, 0.05) is 12.7 Å². The molecule has 0 amide bonds. The molecule has 0 aromatic carbocycles. The maximum absolute atomic E-state index is 6.27. The molecule has 20 heavy (non-hydrogen) atoms. The molecule has 2 heterocycles. The van der Waals surface area contributed by atoms with Gasteiger partial charge in [-0.15, -0.1) is 11.8 Å². The Kier molecular flexibility index (Phi) is 4.86. The van der Waals surface area contributed by atoms with Gasteiger partial charge in [-0.3, -0.25) is 9.39 Å². The van der Waals surface area contributed by atoms with Crippen LogP contribution in [0.1, 0.15) is 23.9 Å². The molecule has 0 saturated heterocycles. The van der Waals surface area contributed by atoms with E-state index >= 15 is 0 Å². The molecule has 0 aliphatic heterocycles. The van der Waals surface area contributed by atoms with Gasteiger partial charge in [0.25, 0.3) is 0 Å². The minimum Gasteiger partial charge on any atom is -0.326 e. The molecule has 106 valence electrons. The Labute approximate surface area is 127 Å². The second-order valence-corrected chi connectivity index (χ2v) is 5.81. The Bertz CT molecular complexity index is 675. The van der Waals surface area contributed by atoms with Crippen LogP contribution in [0.4, 0.5) is 0 Å². The van der Waals surface area contributed by atoms with E-state index in [9.17, 15) is 0 Å². The van der Waals surface area contributed by atoms with Crippen LogP contribution in [0.25, 0.3) is 11.3 Å². The lowest BCUT2D eigenvalue weighted by molar-refractivity contribution is 1.02. The highest BCUT2D eigenvalue weighted by molar-refractivity contribution is 8.02. The van der Waals surface area contributed by atoms with Crippen LogP contribution in [0.15, 0.2) is 22.7 Å². The molecule has 0 bridgehead atoms. The van der Waals surface area contributed by atoms with Gasteiger partial charge in [-0.05, 0) is 36.4 Å². The molecule has 2 aromatic rings. The minimum atomic E-state index is 0.427. The van der Waals surface area contributed by atoms with Crippen LogP contribution in [0.5, 0.6) is 0 Å². The largest absolute Gasteiger partial charge is 0.326 e. The first-order valence-electron chi connectivity index (χ1n) is 6.28. The molecule has 4 nitrogen and oxygen atoms in total. The molecule has 0 radical (unpaired) electrons. The number of halogens is 1. The number of aryl methyl sites for hydroxylation is 1. The van der Waals surface area contributed by atoms with E-state index in [0.717, 1.165) is 28.4 Å². The third-order valence-electron chi connectivity index (χ3n) is 2.92. The van der Waals surface area contributed by atoms with E-state index in [0.29, 0.717) is 17.2 Å². The Morgan fingerprint density at radius 3 is 3.00 bits per heavy atom. The van der Waals surface area contributed by atoms with Gasteiger partial charge in [0.2, 0.25) is 0 Å². The van der Waals surface area contributed by atoms with Gasteiger partial charge in [-0.2, -0.15) is 0 Å². The van der Waals surface area contributed by atoms with Crippen LogP contribution in [0.3, 0.4) is 0 Å². The highest BCUT2D eigenvalue weighted by Gasteiger charge is 2.15. The van der Waals surface area contributed by atoms with Crippen molar-refractivity contribution in [3.05, 3.63) is 39.6 Å². The number of fused-ring (bicyclic) bond motifs is 1. The molecule has 0 aliphatic rings. The van der Waals surface area contributed by atoms with Crippen LogP contribution < -0.4 is 5.73 Å². The average Bonchev–Trinajstić information content (AvgIpc) is 2.77. The van der Waals surface area contributed by atoms with Crippen molar-refractivity contribution in [2.75, 3.05) is 5.75 Å². The van der Waals surface area contributed by atoms with Crippen molar-refractivity contribution < 1.29 is 0 Å². The minimum absolute atomic E-state index is 0.427. The second kappa shape index (κ2) is 6.43. The third kappa shape index (κ3) is 2.75. The molecule has 0 aliphatic carbocycles. The van der Waals surface area contributed by atoms with Gasteiger partial charge in [0.15, 0.2) is 5.65 Å². The summed E-state index contributed by atoms with van der Waals surface area (Å²) in [6.45, 7) is 8.11. The van der Waals surface area contributed by atoms with E-state index in [4.69, 9.17) is 17.3 Å². The predicted octanol–water partition coefficient (Wildman–Crippen LogP) is 3.51. The number of hydrogen-bond donors (Lipinski definition) is 1. The van der Waals surface area contributed by atoms with Crippen molar-refractivity contribution in [3.63, 3.8) is 0 Å². The van der Waals surface area contributed by atoms with Gasteiger partial charge < -0.3 is 5.73 Å². The summed E-state index contributed by atoms with van der Waals surface area (Å²) in [7, 11) is 0. The van der Waals surface area contributed by atoms with E-state index in [1.54, 1.807) is 11.8 Å². The van der Waals surface area contributed by atoms with Crippen molar-refractivity contribution in [1.29, 1.82) is 0 Å². The Morgan fingerprint density at radius 1 is 1.65 bits per heavy atom. The predicted molar refractivity (Wildman–Crippen MR) is 88.5 cm³/mol. The number of aromatic nitrogens is 2. The van der Waals surface area contributed by atoms with Crippen molar-refractivity contribution in [1.82, 2.24) is 9.38 Å². The lowest BCUT2D eigenvalue weighted by Crippen LogP contribution is -2.00. The number of rotatable bonds is 5. The number of nitrogens with zero attached hydrogens (tertiary/aromatic N) is 3. The van der Waals surface area contributed by atoms with Gasteiger partial charge >= 0.3 is 0 Å². The van der Waals surface area contributed by atoms with Gasteiger partial charge in [0.1, 0.15) is 0 Å². The molecule has 2 rings (SSSR count). The van der Waals surface area contributed by atoms with Crippen LogP contribution in [-0.2, 0) is 6.54 Å². The zero-order valence-electron chi connectivity index (χ0n) is 11.6. The number of thioether (sulfide) groups is 1. The Morgan fingerprint density at radius 2 is 2.40 bits per heavy atom. The lowest BCUT2D eigenvalue weighted by atomic mass is 10.2. The average molecular weight is 309 g/mol. The summed E-state index contributed by atoms with van der Waals surface area (Å²) in [6, 6.07) is 1.85. The molecule has 6 heteroatoms. The van der Waals surface area contributed by atoms with Crippen molar-refractivity contribution in [2.45, 2.75) is 20.4 Å². The number of nitrogens with two attached hydrogens (primary N) is 1. The summed E-state index contributed by atoms with van der Waals surface area (Å²) >= 11 is 7.94. The summed E-state index contributed by atoms with van der Waals surface area (Å²) in [6.07, 6.45) is 1.95. The highest BCUT2D eigenvalue weighted by atomic mass is 35.5. The fraction of sp³-hybridized carbons (Fsp3) is 0.286. The molecule has 0 atom stereocenters. The second-order valence-electron chi connectivity index (χ2n) is 4.26. The zero-order valence-corrected chi connectivity index (χ0v) is 13.1. The highest BCUT2D eigenvalue weighted by Crippen LogP contribution is 2.28. The first kappa shape index (κ1) is 15.1. The SMILES string of the molecule is C=N/C(=C\SCC)c1c(C)nc2c(Cl)cc(CN)cn12. The smallest absolute Gasteiger partial charge is 0.156 e. The lowest BCUT2D eigenvalue weighted by Gasteiger charge is -2.06. The fourth-order valence-electron chi connectivity index (χ4n) is 2.02. The first-order chi connectivity index (χ1) is 9.62. The molecule has 0 fully saturated rings. The molecule has 2 aromatic heterocycles. The van der Waals surface area contributed by atoms with Gasteiger partial charge in [-0.25, -0.2) is 4.98 Å². The number of aliphatic imine (C=N–C) groups is 1. The van der Waals surface area contributed by atoms with Crippen LogP contribution in [0.2, 0.25) is 5.02 Å². The molecular weight excluding hydrogens is 292 g/mol. The van der Waals surface area contributed by atoms with Crippen LogP contribution in [-0.4, -0.2) is 21.9 Å². The van der Waals surface area contributed by atoms with Crippen molar-refractivity contribution in [3.8, 4) is 0 Å². The standard InChI is InChI=1S/C14H17ClN4S/c1-4-20-8-12(17-3)13-9(2)18-14-11(15)5-10(6-16)7-19(13)14/h5,7-8H,3-4,6,16H2,1-2H3/b12-8-. The fourth-order valence-corrected chi connectivity index (χ4v) is 2.81. The van der Waals surface area contributed by atoms with E-state index in [1.165, 1.54) is 0 Å². The van der Waals surface area contributed by atoms with Crippen molar-refractivity contribution >= 4 is 41.4 Å². The van der Waals surface area contributed by atoms with Gasteiger partial charge in [-0.1, -0.05) is 18.5 Å². The topological polar surface area (TPSA) is 55.7 Å². The summed E-state index contributed by atoms with van der Waals surface area (Å²) < 4.78 is 1.94. The maximum atomic E-state index is 6.27. The Hall–Kier alpha value is -1.30. The first-order valence-corrected chi connectivity index (χ1v) is 7.71. The molecule has 0 spiro atoms. The third-order valence-corrected chi connectivity index (χ3v) is 3.92. The molecular formula is C14H17ClN4S. The number of imidazole rings is 1. The van der Waals surface area contributed by atoms with Crippen LogP contribution >= 0.6 is 23.4 Å². The number of hydrogen-bond acceptors (Lipinski definition) is 4. The summed E-state index contributed by atoms with van der Waals surface area (Å²) in [5.41, 5.74) is 9.96. The quantitative estimate of drug-likeness (QED) is 0.860. The normalized spacial score (nSPS) is 12.1. The molecule has 0 unspecified atom stereocenters. The molecule has 0 saturated carbocycles. The monoisotopic (exact) mass is 308 g/mol. The molecule has 2 N–H and O–H groups in total.